The molecule has 0 bridgehead atoms. The average molecular weight is 331 g/mol. The van der Waals surface area contributed by atoms with E-state index in [1.807, 2.05) is 30.3 Å². The van der Waals surface area contributed by atoms with Gasteiger partial charge in [-0.2, -0.15) is 0 Å². The average Bonchev–Trinajstić information content (AvgIpc) is 2.62. The Morgan fingerprint density at radius 1 is 1.04 bits per heavy atom. The molecule has 4 nitrogen and oxygen atoms in total. The first-order chi connectivity index (χ1) is 11.5. The second-order valence-corrected chi connectivity index (χ2v) is 7.10. The van der Waals surface area contributed by atoms with Gasteiger partial charge in [-0.3, -0.25) is 9.69 Å². The molecule has 1 aromatic rings. The zero-order valence-corrected chi connectivity index (χ0v) is 15.2. The van der Waals surface area contributed by atoms with Crippen LogP contribution in [0.2, 0.25) is 0 Å². The van der Waals surface area contributed by atoms with Crippen molar-refractivity contribution in [2.75, 3.05) is 12.0 Å². The smallest absolute Gasteiger partial charge is 0.328 e. The fourth-order valence-electron chi connectivity index (χ4n) is 3.64. The molecule has 0 saturated heterocycles. The number of nitrogens with zero attached hydrogens (tertiary/aromatic N) is 1. The van der Waals surface area contributed by atoms with Gasteiger partial charge in [-0.1, -0.05) is 32.0 Å². The Morgan fingerprint density at radius 3 is 2.12 bits per heavy atom. The first-order valence-electron chi connectivity index (χ1n) is 8.91. The number of ether oxygens (including phenoxy) is 1. The molecule has 1 aromatic carbocycles. The maximum absolute atomic E-state index is 13.2. The molecule has 132 valence electrons. The van der Waals surface area contributed by atoms with Crippen LogP contribution >= 0.6 is 0 Å². The normalized spacial score (nSPS) is 22.0. The van der Waals surface area contributed by atoms with Gasteiger partial charge in [0.25, 0.3) is 0 Å². The van der Waals surface area contributed by atoms with E-state index in [-0.39, 0.29) is 17.8 Å². The number of methoxy groups -OCH3 is 1. The third-order valence-electron chi connectivity index (χ3n) is 5.27. The van der Waals surface area contributed by atoms with E-state index in [0.717, 1.165) is 31.4 Å². The van der Waals surface area contributed by atoms with Crippen molar-refractivity contribution in [2.45, 2.75) is 52.5 Å². The lowest BCUT2D eigenvalue weighted by atomic mass is 9.76. The summed E-state index contributed by atoms with van der Waals surface area (Å²) in [6.07, 6.45) is 3.98. The molecule has 1 atom stereocenters. The summed E-state index contributed by atoms with van der Waals surface area (Å²) < 4.78 is 4.87. The number of hydrogen-bond acceptors (Lipinski definition) is 3. The molecule has 0 N–H and O–H groups in total. The molecule has 0 spiro atoms. The summed E-state index contributed by atoms with van der Waals surface area (Å²) >= 11 is 0. The second-order valence-electron chi connectivity index (χ2n) is 7.10. The molecule has 0 aromatic heterocycles. The maximum atomic E-state index is 13.2. The van der Waals surface area contributed by atoms with E-state index in [4.69, 9.17) is 4.74 Å². The Morgan fingerprint density at radius 2 is 1.62 bits per heavy atom. The van der Waals surface area contributed by atoms with Gasteiger partial charge in [-0.25, -0.2) is 4.79 Å². The number of para-hydroxylation sites is 1. The first-order valence-corrected chi connectivity index (χ1v) is 8.91. The molecule has 24 heavy (non-hydrogen) atoms. The van der Waals surface area contributed by atoms with E-state index in [1.54, 1.807) is 11.8 Å². The fourth-order valence-corrected chi connectivity index (χ4v) is 3.64. The van der Waals surface area contributed by atoms with Crippen molar-refractivity contribution in [1.82, 2.24) is 0 Å². The van der Waals surface area contributed by atoms with Crippen molar-refractivity contribution in [3.05, 3.63) is 30.3 Å². The Balaban J connectivity index is 2.18. The minimum absolute atomic E-state index is 0.00712. The largest absolute Gasteiger partial charge is 0.467 e. The van der Waals surface area contributed by atoms with Gasteiger partial charge in [-0.15, -0.1) is 0 Å². The van der Waals surface area contributed by atoms with Crippen LogP contribution in [0.5, 0.6) is 0 Å². The molecular weight excluding hydrogens is 302 g/mol. The quantitative estimate of drug-likeness (QED) is 0.765. The number of rotatable bonds is 5. The fraction of sp³-hybridized carbons (Fsp3) is 0.600. The molecule has 1 aliphatic carbocycles. The minimum Gasteiger partial charge on any atom is -0.467 e. The number of anilines is 1. The Hall–Kier alpha value is -1.84. The zero-order chi connectivity index (χ0) is 17.7. The van der Waals surface area contributed by atoms with Crippen LogP contribution in [0, 0.1) is 17.8 Å². The highest BCUT2D eigenvalue weighted by Gasteiger charge is 2.35. The van der Waals surface area contributed by atoms with Crippen LogP contribution in [0.1, 0.15) is 46.5 Å². The van der Waals surface area contributed by atoms with Crippen molar-refractivity contribution < 1.29 is 14.3 Å². The topological polar surface area (TPSA) is 46.6 Å². The Labute approximate surface area is 145 Å². The van der Waals surface area contributed by atoms with Gasteiger partial charge in [0.15, 0.2) is 0 Å². The summed E-state index contributed by atoms with van der Waals surface area (Å²) in [6.45, 7) is 6.24. The summed E-state index contributed by atoms with van der Waals surface area (Å²) in [5.41, 5.74) is 0.756. The number of hydrogen-bond donors (Lipinski definition) is 0. The zero-order valence-electron chi connectivity index (χ0n) is 15.2. The SMILES string of the molecule is COC(=O)[C@H](C)N(c1ccccc1)C(=O)[C@H]1CC[C@H](C(C)C)CC1. The molecule has 0 heterocycles. The highest BCUT2D eigenvalue weighted by molar-refractivity contribution is 6.00. The first kappa shape index (κ1) is 18.5. The lowest BCUT2D eigenvalue weighted by Crippen LogP contribution is -2.47. The van der Waals surface area contributed by atoms with Crippen molar-refractivity contribution in [3.63, 3.8) is 0 Å². The van der Waals surface area contributed by atoms with E-state index >= 15 is 0 Å². The summed E-state index contributed by atoms with van der Waals surface area (Å²) in [5, 5.41) is 0. The predicted molar refractivity (Wildman–Crippen MR) is 95.7 cm³/mol. The van der Waals surface area contributed by atoms with Crippen LogP contribution in [0.15, 0.2) is 30.3 Å². The van der Waals surface area contributed by atoms with Gasteiger partial charge < -0.3 is 4.74 Å². The van der Waals surface area contributed by atoms with Crippen LogP contribution < -0.4 is 4.90 Å². The van der Waals surface area contributed by atoms with Crippen molar-refractivity contribution in [2.24, 2.45) is 17.8 Å². The maximum Gasteiger partial charge on any atom is 0.328 e. The van der Waals surface area contributed by atoms with Gasteiger partial charge in [0, 0.05) is 11.6 Å². The molecular formula is C20H29NO3. The highest BCUT2D eigenvalue weighted by Crippen LogP contribution is 2.35. The van der Waals surface area contributed by atoms with Crippen LogP contribution in [-0.4, -0.2) is 25.0 Å². The van der Waals surface area contributed by atoms with Crippen LogP contribution in [0.25, 0.3) is 0 Å². The van der Waals surface area contributed by atoms with Gasteiger partial charge in [-0.05, 0) is 56.6 Å². The summed E-state index contributed by atoms with van der Waals surface area (Å²) in [7, 11) is 1.36. The number of benzene rings is 1. The molecule has 0 radical (unpaired) electrons. The Kier molecular flexibility index (Phi) is 6.41. The molecule has 1 saturated carbocycles. The van der Waals surface area contributed by atoms with E-state index in [0.29, 0.717) is 11.8 Å². The van der Waals surface area contributed by atoms with Gasteiger partial charge in [0.1, 0.15) is 6.04 Å². The van der Waals surface area contributed by atoms with E-state index in [2.05, 4.69) is 13.8 Å². The molecule has 1 amide bonds. The number of amides is 1. The van der Waals surface area contributed by atoms with Gasteiger partial charge >= 0.3 is 5.97 Å². The minimum atomic E-state index is -0.618. The van der Waals surface area contributed by atoms with Crippen LogP contribution in [-0.2, 0) is 14.3 Å². The highest BCUT2D eigenvalue weighted by atomic mass is 16.5. The van der Waals surface area contributed by atoms with Crippen LogP contribution in [0.4, 0.5) is 5.69 Å². The van der Waals surface area contributed by atoms with E-state index in [1.165, 1.54) is 7.11 Å². The summed E-state index contributed by atoms with van der Waals surface area (Å²) in [4.78, 5) is 26.8. The number of carbonyl (C=O) groups excluding carboxylic acids is 2. The summed E-state index contributed by atoms with van der Waals surface area (Å²) in [6, 6.07) is 8.80. The van der Waals surface area contributed by atoms with Gasteiger partial charge in [0.05, 0.1) is 7.11 Å². The lowest BCUT2D eigenvalue weighted by molar-refractivity contribution is -0.143. The monoisotopic (exact) mass is 331 g/mol. The third-order valence-corrected chi connectivity index (χ3v) is 5.27. The number of carbonyl (C=O) groups is 2. The second kappa shape index (κ2) is 8.32. The van der Waals surface area contributed by atoms with Crippen molar-refractivity contribution in [3.8, 4) is 0 Å². The lowest BCUT2D eigenvalue weighted by Gasteiger charge is -2.35. The van der Waals surface area contributed by atoms with Crippen LogP contribution in [0.3, 0.4) is 0 Å². The molecule has 4 heteroatoms. The molecule has 2 rings (SSSR count). The molecule has 1 aliphatic rings. The predicted octanol–water partition coefficient (Wildman–Crippen LogP) is 4.04. The van der Waals surface area contributed by atoms with Gasteiger partial charge in [0.2, 0.25) is 5.91 Å². The third kappa shape index (κ3) is 4.16. The number of esters is 1. The summed E-state index contributed by atoms with van der Waals surface area (Å²) in [5.74, 6) is 1.02. The standard InChI is InChI=1S/C20H29NO3/c1-14(2)16-10-12-17(13-11-16)19(22)21(15(3)20(23)24-4)18-8-6-5-7-9-18/h5-9,14-17H,10-13H2,1-4H3/t15-,16-,17-/m0/s1. The van der Waals surface area contributed by atoms with E-state index in [9.17, 15) is 9.59 Å². The van der Waals surface area contributed by atoms with Crippen molar-refractivity contribution in [1.29, 1.82) is 0 Å². The molecule has 0 unspecified atom stereocenters. The van der Waals surface area contributed by atoms with Crippen molar-refractivity contribution >= 4 is 17.6 Å². The molecule has 1 fully saturated rings. The molecule has 0 aliphatic heterocycles. The Bertz CT molecular complexity index is 547. The van der Waals surface area contributed by atoms with E-state index < -0.39 is 6.04 Å².